The molecule has 0 unspecified atom stereocenters. The lowest BCUT2D eigenvalue weighted by atomic mass is 9.73. The summed E-state index contributed by atoms with van der Waals surface area (Å²) in [6, 6.07) is 16.8. The Labute approximate surface area is 233 Å². The van der Waals surface area contributed by atoms with Crippen LogP contribution in [-0.4, -0.2) is 37.3 Å². The molecule has 0 radical (unpaired) electrons. The van der Waals surface area contributed by atoms with Crippen molar-refractivity contribution in [1.82, 2.24) is 4.90 Å². The molecule has 0 saturated carbocycles. The molecule has 41 heavy (non-hydrogen) atoms. The molecule has 0 atom stereocenters. The summed E-state index contributed by atoms with van der Waals surface area (Å²) < 4.78 is 107. The molecule has 0 N–H and O–H groups in total. The van der Waals surface area contributed by atoms with Gasteiger partial charge in [-0.05, 0) is 85.4 Å². The molecular weight excluding hydrogens is 555 g/mol. The number of halogens is 7. The van der Waals surface area contributed by atoms with Crippen LogP contribution in [0.25, 0.3) is 0 Å². The predicted octanol–water partition coefficient (Wildman–Crippen LogP) is 8.40. The summed E-state index contributed by atoms with van der Waals surface area (Å²) in [6.07, 6.45) is -8.08. The van der Waals surface area contributed by atoms with E-state index in [1.165, 1.54) is 24.3 Å². The second-order valence-electron chi connectivity index (χ2n) is 9.90. The maximum atomic E-state index is 17.2. The van der Waals surface area contributed by atoms with E-state index in [0.29, 0.717) is 39.1 Å². The van der Waals surface area contributed by atoms with Crippen molar-refractivity contribution in [2.75, 3.05) is 19.7 Å². The van der Waals surface area contributed by atoms with E-state index < -0.39 is 35.8 Å². The molecule has 4 nitrogen and oxygen atoms in total. The van der Waals surface area contributed by atoms with E-state index in [1.54, 1.807) is 0 Å². The highest BCUT2D eigenvalue weighted by Gasteiger charge is 2.44. The van der Waals surface area contributed by atoms with E-state index in [1.807, 2.05) is 31.2 Å². The number of nitrogens with zero attached hydrogens (tertiary/aromatic N) is 1. The zero-order chi connectivity index (χ0) is 29.7. The van der Waals surface area contributed by atoms with Crippen LogP contribution in [-0.2, 0) is 12.2 Å². The highest BCUT2D eigenvalue weighted by Crippen LogP contribution is 2.46. The van der Waals surface area contributed by atoms with Gasteiger partial charge in [-0.15, -0.1) is 26.3 Å². The van der Waals surface area contributed by atoms with Gasteiger partial charge < -0.3 is 14.2 Å². The maximum Gasteiger partial charge on any atom is 0.573 e. The van der Waals surface area contributed by atoms with E-state index in [4.69, 9.17) is 4.74 Å². The molecule has 0 bridgehead atoms. The van der Waals surface area contributed by atoms with Gasteiger partial charge in [0.05, 0.1) is 6.61 Å². The first-order valence-corrected chi connectivity index (χ1v) is 13.2. The second kappa shape index (κ2) is 12.6. The number of piperidine rings is 1. The van der Waals surface area contributed by atoms with Gasteiger partial charge in [0.1, 0.15) is 17.2 Å². The standard InChI is InChI=1S/C30H30F7NO3/c1-2-19-39-25-9-3-21(4-10-25)20-38-17-15-24(16-18-38)28(31,22-5-11-26(12-6-22)40-29(32,33)34)23-7-13-27(14-8-23)41-30(35,36)37/h3-14,24H,2,15-20H2,1H3. The molecule has 0 aromatic heterocycles. The molecule has 0 spiro atoms. The largest absolute Gasteiger partial charge is 0.573 e. The Morgan fingerprint density at radius 3 is 1.51 bits per heavy atom. The van der Waals surface area contributed by atoms with E-state index in [9.17, 15) is 26.3 Å². The van der Waals surface area contributed by atoms with Gasteiger partial charge in [-0.3, -0.25) is 4.90 Å². The fourth-order valence-corrected chi connectivity index (χ4v) is 5.09. The van der Waals surface area contributed by atoms with Crippen LogP contribution < -0.4 is 14.2 Å². The number of ether oxygens (including phenoxy) is 3. The van der Waals surface area contributed by atoms with Crippen LogP contribution in [0.2, 0.25) is 0 Å². The first-order chi connectivity index (χ1) is 19.4. The third-order valence-electron chi connectivity index (χ3n) is 6.97. The van der Waals surface area contributed by atoms with Gasteiger partial charge in [0.25, 0.3) is 0 Å². The molecule has 11 heteroatoms. The van der Waals surface area contributed by atoms with Crippen molar-refractivity contribution in [3.05, 3.63) is 89.5 Å². The molecule has 1 aliphatic rings. The van der Waals surface area contributed by atoms with Crippen molar-refractivity contribution < 1.29 is 44.9 Å². The van der Waals surface area contributed by atoms with Gasteiger partial charge in [0.2, 0.25) is 0 Å². The molecule has 3 aromatic carbocycles. The van der Waals surface area contributed by atoms with Crippen LogP contribution in [0.15, 0.2) is 72.8 Å². The van der Waals surface area contributed by atoms with Crippen molar-refractivity contribution in [2.24, 2.45) is 5.92 Å². The number of hydrogen-bond donors (Lipinski definition) is 0. The highest BCUT2D eigenvalue weighted by molar-refractivity contribution is 5.42. The van der Waals surface area contributed by atoms with Crippen LogP contribution in [0, 0.1) is 5.92 Å². The van der Waals surface area contributed by atoms with Crippen molar-refractivity contribution in [1.29, 1.82) is 0 Å². The van der Waals surface area contributed by atoms with Crippen molar-refractivity contribution in [3.63, 3.8) is 0 Å². The minimum atomic E-state index is -4.90. The van der Waals surface area contributed by atoms with E-state index in [0.717, 1.165) is 42.0 Å². The van der Waals surface area contributed by atoms with Crippen LogP contribution in [0.4, 0.5) is 30.7 Å². The van der Waals surface area contributed by atoms with Crippen molar-refractivity contribution >= 4 is 0 Å². The van der Waals surface area contributed by atoms with Gasteiger partial charge in [0, 0.05) is 12.5 Å². The average Bonchev–Trinajstić information content (AvgIpc) is 2.92. The van der Waals surface area contributed by atoms with Gasteiger partial charge in [0.15, 0.2) is 5.67 Å². The lowest BCUT2D eigenvalue weighted by Crippen LogP contribution is -2.41. The molecular formula is C30H30F7NO3. The van der Waals surface area contributed by atoms with Gasteiger partial charge in [-0.2, -0.15) is 0 Å². The molecule has 1 saturated heterocycles. The van der Waals surface area contributed by atoms with Crippen LogP contribution in [0.3, 0.4) is 0 Å². The average molecular weight is 586 g/mol. The van der Waals surface area contributed by atoms with E-state index in [2.05, 4.69) is 14.4 Å². The normalized spacial score (nSPS) is 15.5. The lowest BCUT2D eigenvalue weighted by Gasteiger charge is -2.40. The Bertz CT molecular complexity index is 1180. The first-order valence-electron chi connectivity index (χ1n) is 13.2. The number of hydrogen-bond acceptors (Lipinski definition) is 4. The lowest BCUT2D eigenvalue weighted by molar-refractivity contribution is -0.275. The van der Waals surface area contributed by atoms with Crippen LogP contribution in [0.1, 0.15) is 42.9 Å². The van der Waals surface area contributed by atoms with Crippen LogP contribution in [0.5, 0.6) is 17.2 Å². The zero-order valence-corrected chi connectivity index (χ0v) is 22.3. The number of benzene rings is 3. The Morgan fingerprint density at radius 1 is 0.659 bits per heavy atom. The van der Waals surface area contributed by atoms with Crippen molar-refractivity contribution in [3.8, 4) is 17.2 Å². The molecule has 4 rings (SSSR count). The molecule has 0 amide bonds. The summed E-state index contributed by atoms with van der Waals surface area (Å²) in [5.74, 6) is -0.806. The fourth-order valence-electron chi connectivity index (χ4n) is 5.09. The molecule has 1 fully saturated rings. The first kappa shape index (κ1) is 30.5. The molecule has 0 aliphatic carbocycles. The third kappa shape index (κ3) is 8.28. The quantitative estimate of drug-likeness (QED) is 0.224. The third-order valence-corrected chi connectivity index (χ3v) is 6.97. The van der Waals surface area contributed by atoms with E-state index in [-0.39, 0.29) is 11.1 Å². The topological polar surface area (TPSA) is 30.9 Å². The zero-order valence-electron chi connectivity index (χ0n) is 22.3. The van der Waals surface area contributed by atoms with E-state index >= 15 is 4.39 Å². The Morgan fingerprint density at radius 2 is 1.10 bits per heavy atom. The molecule has 3 aromatic rings. The van der Waals surface area contributed by atoms with Crippen molar-refractivity contribution in [2.45, 2.75) is 51.1 Å². The Hall–Kier alpha value is -3.47. The number of likely N-dealkylation sites (tertiary alicyclic amines) is 1. The Balaban J connectivity index is 1.53. The highest BCUT2D eigenvalue weighted by atomic mass is 19.4. The second-order valence-corrected chi connectivity index (χ2v) is 9.90. The maximum absolute atomic E-state index is 17.2. The number of rotatable bonds is 10. The summed E-state index contributed by atoms with van der Waals surface area (Å²) >= 11 is 0. The van der Waals surface area contributed by atoms with Crippen LogP contribution >= 0.6 is 0 Å². The van der Waals surface area contributed by atoms with Gasteiger partial charge in [-0.25, -0.2) is 4.39 Å². The monoisotopic (exact) mass is 585 g/mol. The fraction of sp³-hybridized carbons (Fsp3) is 0.400. The SMILES string of the molecule is CCCOc1ccc(CN2CCC(C(F)(c3ccc(OC(F)(F)F)cc3)c3ccc(OC(F)(F)F)cc3)CC2)cc1. The van der Waals surface area contributed by atoms with Gasteiger partial charge >= 0.3 is 12.7 Å². The summed E-state index contributed by atoms with van der Waals surface area (Å²) in [7, 11) is 0. The summed E-state index contributed by atoms with van der Waals surface area (Å²) in [5, 5.41) is 0. The molecule has 1 aliphatic heterocycles. The van der Waals surface area contributed by atoms with Gasteiger partial charge in [-0.1, -0.05) is 43.3 Å². The predicted molar refractivity (Wildman–Crippen MR) is 138 cm³/mol. The minimum Gasteiger partial charge on any atom is -0.494 e. The summed E-state index contributed by atoms with van der Waals surface area (Å²) in [5.41, 5.74) is -0.952. The minimum absolute atomic E-state index is 0.0811. The number of alkyl halides is 7. The smallest absolute Gasteiger partial charge is 0.494 e. The molecule has 222 valence electrons. The Kier molecular flexibility index (Phi) is 9.36. The summed E-state index contributed by atoms with van der Waals surface area (Å²) in [4.78, 5) is 2.18. The molecule has 1 heterocycles. The summed E-state index contributed by atoms with van der Waals surface area (Å²) in [6.45, 7) is 4.41.